The predicted molar refractivity (Wildman–Crippen MR) is 357 cm³/mol. The van der Waals surface area contributed by atoms with Crippen LogP contribution in [0, 0.1) is 6.92 Å². The van der Waals surface area contributed by atoms with Crippen molar-refractivity contribution >= 4 is 79.0 Å². The second-order valence-electron chi connectivity index (χ2n) is 25.7. The van der Waals surface area contributed by atoms with Crippen LogP contribution in [0.1, 0.15) is 95.5 Å². The molecule has 0 atom stereocenters. The number of aryl methyl sites for hydroxylation is 1. The van der Waals surface area contributed by atoms with Crippen LogP contribution in [0.4, 0.5) is 34.1 Å². The molecule has 0 fully saturated rings. The van der Waals surface area contributed by atoms with Gasteiger partial charge in [-0.05, 0) is 151 Å². The fourth-order valence-electron chi connectivity index (χ4n) is 12.8. The van der Waals surface area contributed by atoms with Crippen molar-refractivity contribution in [3.63, 3.8) is 0 Å². The fraction of sp³-hybridized carbons (Fsp3) is 0.165. The van der Waals surface area contributed by atoms with Gasteiger partial charge >= 0.3 is 0 Å². The summed E-state index contributed by atoms with van der Waals surface area (Å²) in [5, 5.41) is 0.0552. The first-order valence-electron chi connectivity index (χ1n) is 33.0. The quantitative estimate of drug-likeness (QED) is 0.147. The van der Waals surface area contributed by atoms with Crippen LogP contribution in [0.15, 0.2) is 242 Å². The fourth-order valence-corrected chi connectivity index (χ4v) is 12.8. The highest BCUT2D eigenvalue weighted by Crippen LogP contribution is 2.55. The Labute approximate surface area is 502 Å². The van der Waals surface area contributed by atoms with Crippen molar-refractivity contribution in [2.75, 3.05) is 9.80 Å². The number of nitrogens with zero attached hydrogens (tertiary/aromatic N) is 3. The zero-order valence-corrected chi connectivity index (χ0v) is 48.9. The Kier molecular flexibility index (Phi) is 10.3. The highest BCUT2D eigenvalue weighted by molar-refractivity contribution is 7.00. The first-order valence-corrected chi connectivity index (χ1v) is 29.0. The average molecular weight is 1080 g/mol. The molecule has 0 radical (unpaired) electrons. The van der Waals surface area contributed by atoms with Crippen LogP contribution in [-0.4, -0.2) is 11.3 Å². The van der Waals surface area contributed by atoms with E-state index in [0.717, 1.165) is 112 Å². The summed E-state index contributed by atoms with van der Waals surface area (Å²) in [6, 6.07) is 66.9. The van der Waals surface area contributed by atoms with Gasteiger partial charge in [0.2, 0.25) is 0 Å². The molecule has 4 heteroatoms. The van der Waals surface area contributed by atoms with Crippen LogP contribution in [0.2, 0.25) is 0 Å². The highest BCUT2D eigenvalue weighted by Gasteiger charge is 2.46. The van der Waals surface area contributed by atoms with Gasteiger partial charge in [-0.2, -0.15) is 0 Å². The molecule has 3 nitrogen and oxygen atoms in total. The van der Waals surface area contributed by atoms with E-state index >= 15 is 0 Å². The first-order chi connectivity index (χ1) is 43.3. The third-order valence-electron chi connectivity index (χ3n) is 17.1. The van der Waals surface area contributed by atoms with Crippen molar-refractivity contribution in [1.82, 2.24) is 4.57 Å². The van der Waals surface area contributed by atoms with Gasteiger partial charge in [0.1, 0.15) is 0 Å². The molecule has 0 unspecified atom stereocenters. The van der Waals surface area contributed by atoms with Gasteiger partial charge in [0.25, 0.3) is 6.71 Å². The second kappa shape index (κ2) is 19.5. The lowest BCUT2D eigenvalue weighted by molar-refractivity contribution is 0.590. The van der Waals surface area contributed by atoms with Gasteiger partial charge in [0, 0.05) is 61.5 Å². The molecule has 0 amide bonds. The van der Waals surface area contributed by atoms with Gasteiger partial charge in [0.05, 0.1) is 33.4 Å². The zero-order valence-electron chi connectivity index (χ0n) is 56.9. The molecule has 3 heterocycles. The molecule has 0 spiro atoms. The van der Waals surface area contributed by atoms with E-state index in [-0.39, 0.29) is 63.5 Å². The Balaban J connectivity index is 1.20. The maximum atomic E-state index is 9.68. The van der Waals surface area contributed by atoms with E-state index in [1.54, 1.807) is 4.57 Å². The number of hydrogen-bond acceptors (Lipinski definition) is 2. The average Bonchev–Trinajstić information content (AvgIpc) is 1.38. The van der Waals surface area contributed by atoms with E-state index in [2.05, 4.69) is 267 Å². The summed E-state index contributed by atoms with van der Waals surface area (Å²) in [6.07, 6.45) is 0. The van der Waals surface area contributed by atoms with E-state index in [1.165, 1.54) is 5.56 Å². The van der Waals surface area contributed by atoms with Gasteiger partial charge in [-0.25, -0.2) is 0 Å². The molecule has 0 saturated carbocycles. The van der Waals surface area contributed by atoms with E-state index < -0.39 is 29.6 Å². The third kappa shape index (κ3) is 8.72. The minimum absolute atomic E-state index is 0.0276. The number of anilines is 6. The minimum Gasteiger partial charge on any atom is -0.310 e. The van der Waals surface area contributed by atoms with Gasteiger partial charge in [0.15, 0.2) is 0 Å². The van der Waals surface area contributed by atoms with Crippen LogP contribution in [0.25, 0.3) is 72.0 Å². The topological polar surface area (TPSA) is 11.4 Å². The molecule has 404 valence electrons. The smallest absolute Gasteiger partial charge is 0.252 e. The van der Waals surface area contributed by atoms with Crippen molar-refractivity contribution in [3.05, 3.63) is 265 Å². The summed E-state index contributed by atoms with van der Waals surface area (Å²) in [6.45, 7) is 22.2. The Morgan fingerprint density at radius 2 is 0.711 bits per heavy atom. The minimum atomic E-state index is -0.486. The van der Waals surface area contributed by atoms with E-state index in [4.69, 9.17) is 5.48 Å². The van der Waals surface area contributed by atoms with Crippen molar-refractivity contribution in [3.8, 4) is 50.2 Å². The van der Waals surface area contributed by atoms with Gasteiger partial charge < -0.3 is 14.4 Å². The summed E-state index contributed by atoms with van der Waals surface area (Å²) in [7, 11) is 0. The number of rotatable bonds is 7. The van der Waals surface area contributed by atoms with Gasteiger partial charge in [-0.3, -0.25) is 0 Å². The molecule has 0 aliphatic carbocycles. The van der Waals surface area contributed by atoms with Crippen LogP contribution >= 0.6 is 0 Å². The van der Waals surface area contributed by atoms with Crippen LogP contribution in [0.5, 0.6) is 0 Å². The summed E-state index contributed by atoms with van der Waals surface area (Å²) in [4.78, 5) is 5.02. The van der Waals surface area contributed by atoms with Crippen molar-refractivity contribution < 1.29 is 11.0 Å². The molecule has 2 aliphatic rings. The second-order valence-corrected chi connectivity index (χ2v) is 25.7. The lowest BCUT2D eigenvalue weighted by Gasteiger charge is -2.47. The molecule has 14 rings (SSSR count). The monoisotopic (exact) mass is 1080 g/mol. The highest BCUT2D eigenvalue weighted by atomic mass is 15.2. The Morgan fingerprint density at radius 3 is 1.10 bits per heavy atom. The largest absolute Gasteiger partial charge is 0.310 e. The molecule has 0 saturated heterocycles. The maximum absolute atomic E-state index is 9.68. The summed E-state index contributed by atoms with van der Waals surface area (Å²) in [5.74, 6) is 0. The molecular weight excluding hydrogens is 1000 g/mol. The van der Waals surface area contributed by atoms with Crippen molar-refractivity contribution in [2.45, 2.75) is 85.5 Å². The third-order valence-corrected chi connectivity index (χ3v) is 17.1. The number of fused-ring (bicyclic) bond motifs is 7. The van der Waals surface area contributed by atoms with Gasteiger partial charge in [-0.15, -0.1) is 0 Å². The lowest BCUT2D eigenvalue weighted by atomic mass is 9.33. The maximum Gasteiger partial charge on any atom is 0.252 e. The number of hydrogen-bond donors (Lipinski definition) is 0. The van der Waals surface area contributed by atoms with E-state index in [9.17, 15) is 5.48 Å². The first kappa shape index (κ1) is 43.6. The molecular formula is C79H70BN3. The zero-order chi connectivity index (χ0) is 64.1. The number of benzene rings is 11. The lowest BCUT2D eigenvalue weighted by Crippen LogP contribution is -2.61. The number of para-hydroxylation sites is 2. The molecule has 83 heavy (non-hydrogen) atoms. The van der Waals surface area contributed by atoms with Crippen LogP contribution in [-0.2, 0) is 16.2 Å². The Hall–Kier alpha value is -9.12. The van der Waals surface area contributed by atoms with Gasteiger partial charge in [-0.1, -0.05) is 238 Å². The molecule has 11 aromatic carbocycles. The molecule has 12 aromatic rings. The SMILES string of the molecule is [2H]c1c([2H])c([2H])c2c(c1[2H])c1c([2H])c([2H])c([2H])c([2H])c1n2-c1ccc2c(c1)N(c1c(-c3ccccc3)cc(C(C)(C)C)cc1-c1ccccc1)c1cc(C(C)(C)C)cc3c1B2c1ccc(C)cc1N3c1c(-c2ccccc2)cc(C(C)(C)C)cc1-c1ccccc1. The molecule has 0 bridgehead atoms. The predicted octanol–water partition coefficient (Wildman–Crippen LogP) is 19.7. The van der Waals surface area contributed by atoms with Crippen LogP contribution < -0.4 is 26.2 Å². The molecule has 1 aromatic heterocycles. The van der Waals surface area contributed by atoms with Crippen molar-refractivity contribution in [2.24, 2.45) is 0 Å². The molecule has 0 N–H and O–H groups in total. The summed E-state index contributed by atoms with van der Waals surface area (Å²) >= 11 is 0. The van der Waals surface area contributed by atoms with Crippen LogP contribution in [0.3, 0.4) is 0 Å². The van der Waals surface area contributed by atoms with Crippen molar-refractivity contribution in [1.29, 1.82) is 0 Å². The summed E-state index contributed by atoms with van der Waals surface area (Å²) in [5.41, 5.74) is 21.6. The molecule has 2 aliphatic heterocycles. The van der Waals surface area contributed by atoms with E-state index in [0.29, 0.717) is 5.69 Å². The van der Waals surface area contributed by atoms with E-state index in [1.807, 2.05) is 6.07 Å². The normalized spacial score (nSPS) is 14.5. The Morgan fingerprint density at radius 1 is 0.361 bits per heavy atom. The number of aromatic nitrogens is 1. The standard InChI is InChI=1S/C79H70BN3/c1-51-39-41-66-70(43-51)82(75-62(52-27-15-11-16-28-52)44-56(77(2,3)4)45-63(75)53-29-17-12-18-30-53)72-48-58(79(8,9)10)49-73-74(72)80(66)67-42-40-59(81-68-37-25-23-35-60(68)61-36-24-26-38-69(61)81)50-71(67)83(73)76-64(54-31-19-13-20-32-54)46-57(78(5,6)7)47-65(76)55-33-21-14-22-34-55/h11-50H,1-10H3/i23D,24D,25D,26D,35D,36D,37D,38D. The Bertz CT molecular complexity index is 4790. The summed E-state index contributed by atoms with van der Waals surface area (Å²) < 4.78 is 76.0.